The molecule has 0 aliphatic heterocycles. The third-order valence-corrected chi connectivity index (χ3v) is 5.50. The summed E-state index contributed by atoms with van der Waals surface area (Å²) in [6.45, 7) is 3.96. The first-order valence-corrected chi connectivity index (χ1v) is 10.9. The maximum Gasteiger partial charge on any atom is 0.420 e. The van der Waals surface area contributed by atoms with Crippen molar-refractivity contribution >= 4 is 32.8 Å². The van der Waals surface area contributed by atoms with Crippen LogP contribution in [-0.2, 0) is 26.1 Å². The van der Waals surface area contributed by atoms with Crippen molar-refractivity contribution in [2.75, 3.05) is 17.9 Å². The Hall–Kier alpha value is -3.27. The minimum atomic E-state index is -3.98. The lowest BCUT2D eigenvalue weighted by molar-refractivity contribution is -0.144. The fourth-order valence-electron chi connectivity index (χ4n) is 2.79. The van der Waals surface area contributed by atoms with E-state index < -0.39 is 21.7 Å². The second-order valence-electron chi connectivity index (χ2n) is 6.34. The van der Waals surface area contributed by atoms with Crippen molar-refractivity contribution in [2.45, 2.75) is 31.7 Å². The molecule has 3 aromatic rings. The van der Waals surface area contributed by atoms with Gasteiger partial charge in [0.25, 0.3) is 10.0 Å². The number of ether oxygens (including phenoxy) is 2. The van der Waals surface area contributed by atoms with E-state index >= 15 is 0 Å². The second-order valence-corrected chi connectivity index (χ2v) is 8.02. The van der Waals surface area contributed by atoms with Gasteiger partial charge in [-0.2, -0.15) is 0 Å². The summed E-state index contributed by atoms with van der Waals surface area (Å²) in [5.74, 6) is -0.955. The predicted octanol–water partition coefficient (Wildman–Crippen LogP) is 2.75. The number of benzene rings is 2. The average Bonchev–Trinajstić information content (AvgIpc) is 3.02. The quantitative estimate of drug-likeness (QED) is 0.515. The van der Waals surface area contributed by atoms with E-state index in [1.54, 1.807) is 31.2 Å². The van der Waals surface area contributed by atoms with E-state index in [9.17, 15) is 18.0 Å². The predicted molar refractivity (Wildman–Crippen MR) is 110 cm³/mol. The molecule has 0 saturated carbocycles. The molecule has 160 valence electrons. The van der Waals surface area contributed by atoms with Crippen molar-refractivity contribution in [3.05, 3.63) is 53.0 Å². The number of carbonyl (C=O) groups is 1. The second kappa shape index (κ2) is 9.04. The van der Waals surface area contributed by atoms with Crippen LogP contribution in [-0.4, -0.2) is 32.2 Å². The molecule has 2 aromatic carbocycles. The Morgan fingerprint density at radius 1 is 1.17 bits per heavy atom. The maximum absolute atomic E-state index is 12.8. The Kier molecular flexibility index (Phi) is 6.46. The molecule has 30 heavy (non-hydrogen) atoms. The Bertz CT molecular complexity index is 1210. The number of fused-ring (bicyclic) bond motifs is 1. The van der Waals surface area contributed by atoms with Crippen LogP contribution in [0, 0.1) is 0 Å². The van der Waals surface area contributed by atoms with Crippen LogP contribution in [0.15, 0.2) is 56.6 Å². The van der Waals surface area contributed by atoms with Crippen molar-refractivity contribution < 1.29 is 27.1 Å². The fourth-order valence-corrected chi connectivity index (χ4v) is 3.88. The van der Waals surface area contributed by atoms with Gasteiger partial charge in [0, 0.05) is 6.07 Å². The van der Waals surface area contributed by atoms with E-state index in [1.807, 2.05) is 6.92 Å². The lowest BCUT2D eigenvalue weighted by atomic mass is 10.3. The average molecular weight is 434 g/mol. The molecular weight excluding hydrogens is 412 g/mol. The maximum atomic E-state index is 12.8. The van der Waals surface area contributed by atoms with E-state index in [0.717, 1.165) is 4.57 Å². The minimum absolute atomic E-state index is 0.0456. The van der Waals surface area contributed by atoms with Gasteiger partial charge >= 0.3 is 11.7 Å². The SMILES string of the molecule is CCCOC(=O)Cn1c(=O)oc2cc(S(=O)(=O)Nc3ccccc3OCC)ccc21. The summed E-state index contributed by atoms with van der Waals surface area (Å²) >= 11 is 0. The molecular formula is C20H22N2O7S. The number of rotatable bonds is 9. The zero-order valence-electron chi connectivity index (χ0n) is 16.6. The van der Waals surface area contributed by atoms with E-state index in [2.05, 4.69) is 4.72 Å². The molecule has 0 fully saturated rings. The van der Waals surface area contributed by atoms with Crippen LogP contribution in [0.2, 0.25) is 0 Å². The first-order valence-electron chi connectivity index (χ1n) is 9.39. The van der Waals surface area contributed by atoms with Crippen LogP contribution < -0.4 is 15.2 Å². The highest BCUT2D eigenvalue weighted by Gasteiger charge is 2.20. The summed E-state index contributed by atoms with van der Waals surface area (Å²) in [6.07, 6.45) is 0.660. The molecule has 0 amide bonds. The number of carbonyl (C=O) groups excluding carboxylic acids is 1. The van der Waals surface area contributed by atoms with Gasteiger partial charge in [-0.05, 0) is 37.6 Å². The number of esters is 1. The van der Waals surface area contributed by atoms with Crippen molar-refractivity contribution in [1.29, 1.82) is 0 Å². The van der Waals surface area contributed by atoms with Crippen LogP contribution in [0.3, 0.4) is 0 Å². The molecule has 0 atom stereocenters. The highest BCUT2D eigenvalue weighted by molar-refractivity contribution is 7.92. The van der Waals surface area contributed by atoms with E-state index in [4.69, 9.17) is 13.9 Å². The molecule has 3 rings (SSSR count). The minimum Gasteiger partial charge on any atom is -0.492 e. The van der Waals surface area contributed by atoms with Crippen molar-refractivity contribution in [1.82, 2.24) is 4.57 Å². The molecule has 1 aromatic heterocycles. The molecule has 0 saturated heterocycles. The Balaban J connectivity index is 1.90. The highest BCUT2D eigenvalue weighted by atomic mass is 32.2. The molecule has 1 N–H and O–H groups in total. The van der Waals surface area contributed by atoms with E-state index in [0.29, 0.717) is 24.3 Å². The molecule has 0 spiro atoms. The van der Waals surface area contributed by atoms with Gasteiger partial charge in [-0.25, -0.2) is 13.2 Å². The number of para-hydroxylation sites is 2. The summed E-state index contributed by atoms with van der Waals surface area (Å²) in [5, 5.41) is 0. The van der Waals surface area contributed by atoms with Gasteiger partial charge in [0.05, 0.1) is 29.3 Å². The zero-order chi connectivity index (χ0) is 21.7. The smallest absolute Gasteiger partial charge is 0.420 e. The third kappa shape index (κ3) is 4.65. The standard InChI is InChI=1S/C20H22N2O7S/c1-3-11-28-19(23)13-22-16-10-9-14(12-18(16)29-20(22)24)30(25,26)21-15-7-5-6-8-17(15)27-4-2/h5-10,12,21H,3-4,11,13H2,1-2H3. The van der Waals surface area contributed by atoms with Crippen molar-refractivity contribution in [2.24, 2.45) is 0 Å². The van der Waals surface area contributed by atoms with Gasteiger partial charge in [-0.3, -0.25) is 14.1 Å². The largest absolute Gasteiger partial charge is 0.492 e. The summed E-state index contributed by atoms with van der Waals surface area (Å²) in [4.78, 5) is 23.9. The number of nitrogens with zero attached hydrogens (tertiary/aromatic N) is 1. The Morgan fingerprint density at radius 2 is 1.93 bits per heavy atom. The molecule has 10 heteroatoms. The number of anilines is 1. The van der Waals surface area contributed by atoms with Gasteiger partial charge < -0.3 is 13.9 Å². The van der Waals surface area contributed by atoms with Crippen LogP contribution in [0.1, 0.15) is 20.3 Å². The first kappa shape index (κ1) is 21.4. The number of aromatic nitrogens is 1. The Morgan fingerprint density at radius 3 is 2.67 bits per heavy atom. The van der Waals surface area contributed by atoms with Gasteiger partial charge in [-0.15, -0.1) is 0 Å². The molecule has 9 nitrogen and oxygen atoms in total. The van der Waals surface area contributed by atoms with Gasteiger partial charge in [0.1, 0.15) is 12.3 Å². The lowest BCUT2D eigenvalue weighted by Crippen LogP contribution is -2.21. The molecule has 0 aliphatic carbocycles. The number of sulfonamides is 1. The summed E-state index contributed by atoms with van der Waals surface area (Å²) in [7, 11) is -3.98. The van der Waals surface area contributed by atoms with Crippen LogP contribution in [0.25, 0.3) is 11.1 Å². The summed E-state index contributed by atoms with van der Waals surface area (Å²) in [6, 6.07) is 10.6. The fraction of sp³-hybridized carbons (Fsp3) is 0.300. The lowest BCUT2D eigenvalue weighted by Gasteiger charge is -2.12. The van der Waals surface area contributed by atoms with E-state index in [-0.39, 0.29) is 29.3 Å². The topological polar surface area (TPSA) is 117 Å². The molecule has 0 bridgehead atoms. The Labute approximate surface area is 173 Å². The number of oxazole rings is 1. The van der Waals surface area contributed by atoms with Gasteiger partial charge in [0.15, 0.2) is 5.58 Å². The third-order valence-electron chi connectivity index (χ3n) is 4.14. The molecule has 0 unspecified atom stereocenters. The summed E-state index contributed by atoms with van der Waals surface area (Å²) in [5.41, 5.74) is 0.628. The monoisotopic (exact) mass is 434 g/mol. The number of nitrogens with one attached hydrogen (secondary N) is 1. The van der Waals surface area contributed by atoms with Crippen molar-refractivity contribution in [3.8, 4) is 5.75 Å². The summed E-state index contributed by atoms with van der Waals surface area (Å²) < 4.78 is 44.8. The van der Waals surface area contributed by atoms with Gasteiger partial charge in [0.2, 0.25) is 0 Å². The highest BCUT2D eigenvalue weighted by Crippen LogP contribution is 2.27. The van der Waals surface area contributed by atoms with Crippen LogP contribution in [0.4, 0.5) is 5.69 Å². The van der Waals surface area contributed by atoms with Gasteiger partial charge in [-0.1, -0.05) is 19.1 Å². The van der Waals surface area contributed by atoms with Crippen LogP contribution >= 0.6 is 0 Å². The molecule has 0 radical (unpaired) electrons. The van der Waals surface area contributed by atoms with Crippen molar-refractivity contribution in [3.63, 3.8) is 0 Å². The molecule has 0 aliphatic rings. The number of hydrogen-bond donors (Lipinski definition) is 1. The molecule has 1 heterocycles. The van der Waals surface area contributed by atoms with E-state index in [1.165, 1.54) is 18.2 Å². The number of hydrogen-bond acceptors (Lipinski definition) is 7. The first-order chi connectivity index (χ1) is 14.4. The normalized spacial score (nSPS) is 11.4. The van der Waals surface area contributed by atoms with Crippen LogP contribution in [0.5, 0.6) is 5.75 Å². The zero-order valence-corrected chi connectivity index (χ0v) is 17.4.